The molecule has 1 unspecified atom stereocenters. The summed E-state index contributed by atoms with van der Waals surface area (Å²) in [6, 6.07) is 3.88. The zero-order valence-corrected chi connectivity index (χ0v) is 18.2. The normalized spacial score (nSPS) is 20.2. The second-order valence-electron chi connectivity index (χ2n) is 7.45. The molecule has 3 rings (SSSR count). The minimum atomic E-state index is -0.440. The number of halogens is 1. The molecule has 1 aliphatic heterocycles. The molecule has 1 saturated carbocycles. The minimum absolute atomic E-state index is 0.0294. The molecule has 162 valence electrons. The number of hydrogen-bond donors (Lipinski definition) is 1. The minimum Gasteiger partial charge on any atom is -0.491 e. The molecule has 0 aromatic heterocycles. The summed E-state index contributed by atoms with van der Waals surface area (Å²) in [7, 11) is 3.23. The predicted octanol–water partition coefficient (Wildman–Crippen LogP) is 2.80. The number of benzene rings is 1. The van der Waals surface area contributed by atoms with E-state index in [0.29, 0.717) is 42.9 Å². The van der Waals surface area contributed by atoms with Crippen LogP contribution in [0, 0.1) is 0 Å². The number of amides is 1. The third-order valence-electron chi connectivity index (χ3n) is 5.28. The molecule has 0 bridgehead atoms. The maximum absolute atomic E-state index is 13.2. The lowest BCUT2D eigenvalue weighted by molar-refractivity contribution is -0.148. The molecule has 1 N–H and O–H groups in total. The highest BCUT2D eigenvalue weighted by Gasteiger charge is 2.40. The van der Waals surface area contributed by atoms with Gasteiger partial charge in [-0.3, -0.25) is 4.79 Å². The van der Waals surface area contributed by atoms with Crippen molar-refractivity contribution in [3.05, 3.63) is 22.7 Å². The Kier molecular flexibility index (Phi) is 8.00. The molecule has 2 atom stereocenters. The number of carbonyl (C=O) groups excluding carboxylic acids is 1. The fourth-order valence-corrected chi connectivity index (χ4v) is 3.91. The van der Waals surface area contributed by atoms with Gasteiger partial charge >= 0.3 is 0 Å². The Morgan fingerprint density at radius 2 is 2.14 bits per heavy atom. The van der Waals surface area contributed by atoms with Crippen molar-refractivity contribution in [1.29, 1.82) is 0 Å². The van der Waals surface area contributed by atoms with Gasteiger partial charge in [-0.2, -0.15) is 0 Å². The van der Waals surface area contributed by atoms with Crippen LogP contribution in [0.2, 0.25) is 5.02 Å². The van der Waals surface area contributed by atoms with E-state index in [4.69, 9.17) is 30.5 Å². The molecule has 2 fully saturated rings. The third-order valence-corrected chi connectivity index (χ3v) is 5.56. The van der Waals surface area contributed by atoms with Gasteiger partial charge in [0.15, 0.2) is 11.5 Å². The summed E-state index contributed by atoms with van der Waals surface area (Å²) < 4.78 is 22.1. The van der Waals surface area contributed by atoms with Gasteiger partial charge in [0.2, 0.25) is 0 Å². The van der Waals surface area contributed by atoms with Gasteiger partial charge in [-0.05, 0) is 37.5 Å². The van der Waals surface area contributed by atoms with E-state index in [9.17, 15) is 4.79 Å². The van der Waals surface area contributed by atoms with E-state index < -0.39 is 6.10 Å². The molecule has 1 aromatic carbocycles. The summed E-state index contributed by atoms with van der Waals surface area (Å²) in [5.41, 5.74) is 0.918. The van der Waals surface area contributed by atoms with Crippen molar-refractivity contribution in [3.63, 3.8) is 0 Å². The number of nitrogens with zero attached hydrogens (tertiary/aromatic N) is 1. The van der Waals surface area contributed by atoms with Crippen molar-refractivity contribution in [3.8, 4) is 11.5 Å². The second kappa shape index (κ2) is 10.5. The van der Waals surface area contributed by atoms with Gasteiger partial charge in [0, 0.05) is 39.3 Å². The van der Waals surface area contributed by atoms with Crippen molar-refractivity contribution in [1.82, 2.24) is 10.2 Å². The largest absolute Gasteiger partial charge is 0.491 e. The van der Waals surface area contributed by atoms with Gasteiger partial charge in [-0.15, -0.1) is 0 Å². The molecule has 1 amide bonds. The van der Waals surface area contributed by atoms with Crippen LogP contribution >= 0.6 is 11.6 Å². The monoisotopic (exact) mass is 426 g/mol. The van der Waals surface area contributed by atoms with Crippen LogP contribution in [0.4, 0.5) is 0 Å². The van der Waals surface area contributed by atoms with Crippen LogP contribution < -0.4 is 14.8 Å². The molecule has 1 aliphatic carbocycles. The molecule has 29 heavy (non-hydrogen) atoms. The third kappa shape index (κ3) is 5.54. The smallest absolute Gasteiger partial charge is 0.253 e. The maximum atomic E-state index is 13.2. The summed E-state index contributed by atoms with van der Waals surface area (Å²) in [5, 5.41) is 3.70. The summed E-state index contributed by atoms with van der Waals surface area (Å²) in [6.45, 7) is 5.01. The number of morpholine rings is 1. The zero-order valence-electron chi connectivity index (χ0n) is 17.4. The number of methoxy groups -OCH3 is 2. The Bertz CT molecular complexity index is 692. The first kappa shape index (κ1) is 22.2. The predicted molar refractivity (Wildman–Crippen MR) is 111 cm³/mol. The molecular formula is C21H31ClN2O5. The lowest BCUT2D eigenvalue weighted by Crippen LogP contribution is -2.50. The number of rotatable bonds is 10. The van der Waals surface area contributed by atoms with E-state index in [-0.39, 0.29) is 18.0 Å². The number of nitrogens with one attached hydrogen (secondary N) is 1. The van der Waals surface area contributed by atoms with E-state index in [1.54, 1.807) is 14.2 Å². The van der Waals surface area contributed by atoms with Crippen LogP contribution in [0.15, 0.2) is 12.1 Å². The van der Waals surface area contributed by atoms with Gasteiger partial charge in [0.1, 0.15) is 6.10 Å². The average molecular weight is 427 g/mol. The van der Waals surface area contributed by atoms with Crippen molar-refractivity contribution in [2.45, 2.75) is 44.4 Å². The highest BCUT2D eigenvalue weighted by atomic mass is 35.5. The average Bonchev–Trinajstić information content (AvgIpc) is 3.56. The van der Waals surface area contributed by atoms with Crippen molar-refractivity contribution >= 4 is 17.5 Å². The molecule has 1 heterocycles. The molecule has 1 saturated heterocycles. The van der Waals surface area contributed by atoms with Gasteiger partial charge < -0.3 is 29.2 Å². The molecule has 8 heteroatoms. The first-order valence-corrected chi connectivity index (χ1v) is 10.6. The second-order valence-corrected chi connectivity index (χ2v) is 7.85. The van der Waals surface area contributed by atoms with E-state index in [1.807, 2.05) is 24.0 Å². The number of hydrogen-bond acceptors (Lipinski definition) is 6. The lowest BCUT2D eigenvalue weighted by atomic mass is 10.0. The van der Waals surface area contributed by atoms with Gasteiger partial charge in [-0.1, -0.05) is 11.6 Å². The van der Waals surface area contributed by atoms with E-state index in [1.165, 1.54) is 0 Å². The molecule has 2 aliphatic rings. The summed E-state index contributed by atoms with van der Waals surface area (Å²) in [6.07, 6.45) is 2.35. The van der Waals surface area contributed by atoms with Gasteiger partial charge in [-0.25, -0.2) is 0 Å². The highest BCUT2D eigenvalue weighted by molar-refractivity contribution is 6.32. The molecule has 0 radical (unpaired) electrons. The van der Waals surface area contributed by atoms with Crippen molar-refractivity contribution < 1.29 is 23.7 Å². The molecule has 7 nitrogen and oxygen atoms in total. The Morgan fingerprint density at radius 3 is 2.76 bits per heavy atom. The first-order chi connectivity index (χ1) is 14.1. The fourth-order valence-electron chi connectivity index (χ4n) is 3.61. The van der Waals surface area contributed by atoms with Crippen LogP contribution in [-0.2, 0) is 14.3 Å². The van der Waals surface area contributed by atoms with Crippen LogP contribution in [-0.4, -0.2) is 70.1 Å². The van der Waals surface area contributed by atoms with E-state index >= 15 is 0 Å². The molecule has 0 spiro atoms. The Balaban J connectivity index is 1.80. The topological polar surface area (TPSA) is 69.3 Å². The maximum Gasteiger partial charge on any atom is 0.253 e. The fraction of sp³-hybridized carbons (Fsp3) is 0.667. The van der Waals surface area contributed by atoms with Crippen molar-refractivity contribution in [2.75, 3.05) is 47.1 Å². The SMILES string of the molecule is COCCCOc1cc(C(C)N(C(=O)[C@H]2CNCCO2)C2CC2)cc(Cl)c1OC. The van der Waals surface area contributed by atoms with E-state index in [0.717, 1.165) is 31.4 Å². The van der Waals surface area contributed by atoms with Crippen LogP contribution in [0.5, 0.6) is 11.5 Å². The first-order valence-electron chi connectivity index (χ1n) is 10.2. The Morgan fingerprint density at radius 1 is 1.34 bits per heavy atom. The van der Waals surface area contributed by atoms with Gasteiger partial charge in [0.25, 0.3) is 5.91 Å². The van der Waals surface area contributed by atoms with Gasteiger partial charge in [0.05, 0.1) is 31.4 Å². The summed E-state index contributed by atoms with van der Waals surface area (Å²) in [4.78, 5) is 15.1. The summed E-state index contributed by atoms with van der Waals surface area (Å²) in [5.74, 6) is 1.11. The highest BCUT2D eigenvalue weighted by Crippen LogP contribution is 2.41. The number of ether oxygens (including phenoxy) is 4. The summed E-state index contributed by atoms with van der Waals surface area (Å²) >= 11 is 6.48. The Hall–Kier alpha value is -1.54. The number of carbonyl (C=O) groups is 1. The van der Waals surface area contributed by atoms with Crippen LogP contribution in [0.1, 0.15) is 37.8 Å². The van der Waals surface area contributed by atoms with Crippen LogP contribution in [0.25, 0.3) is 0 Å². The van der Waals surface area contributed by atoms with Crippen molar-refractivity contribution in [2.24, 2.45) is 0 Å². The zero-order chi connectivity index (χ0) is 20.8. The van der Waals surface area contributed by atoms with Crippen LogP contribution in [0.3, 0.4) is 0 Å². The lowest BCUT2D eigenvalue weighted by Gasteiger charge is -2.34. The standard InChI is InChI=1S/C21H31ClN2O5/c1-14(24(16-5-6-16)21(25)19-13-23-7-10-29-19)15-11-17(22)20(27-3)18(12-15)28-9-4-8-26-2/h11-12,14,16,19,23H,4-10,13H2,1-3H3/t14?,19-/m1/s1. The van der Waals surface area contributed by atoms with E-state index in [2.05, 4.69) is 5.32 Å². The Labute approximate surface area is 177 Å². The quantitative estimate of drug-likeness (QED) is 0.580. The molecular weight excluding hydrogens is 396 g/mol. The molecule has 1 aromatic rings.